The first kappa shape index (κ1) is 17.7. The topological polar surface area (TPSA) is 72.5 Å². The lowest BCUT2D eigenvalue weighted by molar-refractivity contribution is -0.133. The van der Waals surface area contributed by atoms with Crippen LogP contribution in [0, 0.1) is 0 Å². The van der Waals surface area contributed by atoms with Crippen LogP contribution in [0.5, 0.6) is 0 Å². The molecule has 0 aromatic heterocycles. The second-order valence-corrected chi connectivity index (χ2v) is 7.31. The highest BCUT2D eigenvalue weighted by molar-refractivity contribution is 7.92. The monoisotopic (exact) mass is 367 g/mol. The van der Waals surface area contributed by atoms with Crippen LogP contribution in [0.1, 0.15) is 5.56 Å². The summed E-state index contributed by atoms with van der Waals surface area (Å²) in [5.41, 5.74) is 0.965. The Morgan fingerprint density at radius 3 is 2.46 bits per heavy atom. The highest BCUT2D eigenvalue weighted by Crippen LogP contribution is 2.26. The molecule has 0 fully saturated rings. The molecule has 0 atom stereocenters. The SMILES string of the molecule is C=C(C(=O)OC)c1cccc(S(=O)(=O)Nc2cccc3ccccc23)c1. The average molecular weight is 367 g/mol. The largest absolute Gasteiger partial charge is 0.465 e. The van der Waals surface area contributed by atoms with Crippen molar-refractivity contribution >= 4 is 38.0 Å². The number of carbonyl (C=O) groups is 1. The number of benzene rings is 3. The first-order chi connectivity index (χ1) is 12.4. The molecule has 0 heterocycles. The minimum atomic E-state index is -3.84. The highest BCUT2D eigenvalue weighted by atomic mass is 32.2. The van der Waals surface area contributed by atoms with Crippen molar-refractivity contribution in [2.24, 2.45) is 0 Å². The molecule has 0 aliphatic heterocycles. The fourth-order valence-corrected chi connectivity index (χ4v) is 3.74. The van der Waals surface area contributed by atoms with E-state index >= 15 is 0 Å². The van der Waals surface area contributed by atoms with E-state index in [1.807, 2.05) is 30.3 Å². The summed E-state index contributed by atoms with van der Waals surface area (Å²) >= 11 is 0. The number of sulfonamides is 1. The summed E-state index contributed by atoms with van der Waals surface area (Å²) in [7, 11) is -2.59. The maximum Gasteiger partial charge on any atom is 0.337 e. The molecular weight excluding hydrogens is 350 g/mol. The first-order valence-electron chi connectivity index (χ1n) is 7.80. The minimum absolute atomic E-state index is 0.0352. The van der Waals surface area contributed by atoms with Crippen molar-refractivity contribution < 1.29 is 17.9 Å². The first-order valence-corrected chi connectivity index (χ1v) is 9.29. The molecule has 0 saturated carbocycles. The van der Waals surface area contributed by atoms with Gasteiger partial charge >= 0.3 is 5.97 Å². The van der Waals surface area contributed by atoms with Gasteiger partial charge in [0, 0.05) is 5.39 Å². The lowest BCUT2D eigenvalue weighted by Gasteiger charge is -2.12. The summed E-state index contributed by atoms with van der Waals surface area (Å²) in [6, 6.07) is 18.9. The molecule has 1 N–H and O–H groups in total. The molecule has 0 aliphatic rings. The fourth-order valence-electron chi connectivity index (χ4n) is 2.61. The molecule has 0 amide bonds. The third-order valence-corrected chi connectivity index (χ3v) is 5.32. The Morgan fingerprint density at radius 1 is 1.00 bits per heavy atom. The molecule has 3 aromatic carbocycles. The number of carbonyl (C=O) groups excluding carboxylic acids is 1. The Bertz CT molecular complexity index is 1100. The zero-order chi connectivity index (χ0) is 18.7. The van der Waals surface area contributed by atoms with Gasteiger partial charge in [-0.15, -0.1) is 0 Å². The average Bonchev–Trinajstić information content (AvgIpc) is 2.67. The van der Waals surface area contributed by atoms with Crippen molar-refractivity contribution in [2.45, 2.75) is 4.90 Å². The molecule has 3 rings (SSSR count). The molecule has 26 heavy (non-hydrogen) atoms. The summed E-state index contributed by atoms with van der Waals surface area (Å²) in [6.45, 7) is 3.65. The van der Waals surface area contributed by atoms with Crippen LogP contribution < -0.4 is 4.72 Å². The Hall–Kier alpha value is -3.12. The molecule has 132 valence electrons. The van der Waals surface area contributed by atoms with Crippen molar-refractivity contribution in [1.82, 2.24) is 0 Å². The van der Waals surface area contributed by atoms with Gasteiger partial charge < -0.3 is 4.74 Å². The van der Waals surface area contributed by atoms with Crippen LogP contribution in [-0.4, -0.2) is 21.5 Å². The maximum atomic E-state index is 12.8. The summed E-state index contributed by atoms with van der Waals surface area (Å²) in [5.74, 6) is -0.610. The molecule has 0 unspecified atom stereocenters. The van der Waals surface area contributed by atoms with Gasteiger partial charge in [0.05, 0.1) is 23.3 Å². The van der Waals surface area contributed by atoms with E-state index in [0.29, 0.717) is 11.3 Å². The number of anilines is 1. The van der Waals surface area contributed by atoms with Crippen LogP contribution in [0.4, 0.5) is 5.69 Å². The van der Waals surface area contributed by atoms with E-state index in [4.69, 9.17) is 0 Å². The number of hydrogen-bond donors (Lipinski definition) is 1. The molecule has 0 spiro atoms. The quantitative estimate of drug-likeness (QED) is 0.549. The third kappa shape index (κ3) is 3.45. The van der Waals surface area contributed by atoms with Gasteiger partial charge in [-0.05, 0) is 29.1 Å². The van der Waals surface area contributed by atoms with Crippen LogP contribution in [0.2, 0.25) is 0 Å². The Kier molecular flexibility index (Phi) is 4.77. The standard InChI is InChI=1S/C20H17NO4S/c1-14(20(22)25-2)16-9-5-10-17(13-16)26(23,24)21-19-12-6-8-15-7-3-4-11-18(15)19/h3-13,21H,1H2,2H3. The highest BCUT2D eigenvalue weighted by Gasteiger charge is 2.18. The number of ether oxygens (including phenoxy) is 1. The van der Waals surface area contributed by atoms with Crippen molar-refractivity contribution in [3.63, 3.8) is 0 Å². The Labute approximate surface area is 152 Å². The van der Waals surface area contributed by atoms with Crippen LogP contribution in [-0.2, 0) is 19.6 Å². The van der Waals surface area contributed by atoms with Gasteiger partial charge in [-0.1, -0.05) is 55.1 Å². The van der Waals surface area contributed by atoms with E-state index < -0.39 is 16.0 Å². The predicted octanol–water partition coefficient (Wildman–Crippen LogP) is 3.83. The predicted molar refractivity (Wildman–Crippen MR) is 102 cm³/mol. The zero-order valence-electron chi connectivity index (χ0n) is 14.1. The van der Waals surface area contributed by atoms with E-state index in [-0.39, 0.29) is 10.5 Å². The van der Waals surface area contributed by atoms with E-state index in [1.165, 1.54) is 19.2 Å². The summed E-state index contributed by atoms with van der Waals surface area (Å²) < 4.78 is 32.9. The molecule has 0 aliphatic carbocycles. The van der Waals surface area contributed by atoms with Gasteiger partial charge in [-0.3, -0.25) is 4.72 Å². The lowest BCUT2D eigenvalue weighted by atomic mass is 10.1. The van der Waals surface area contributed by atoms with E-state index in [9.17, 15) is 13.2 Å². The maximum absolute atomic E-state index is 12.8. The number of nitrogens with one attached hydrogen (secondary N) is 1. The Morgan fingerprint density at radius 2 is 1.69 bits per heavy atom. The second kappa shape index (κ2) is 7.01. The van der Waals surface area contributed by atoms with Gasteiger partial charge in [-0.25, -0.2) is 13.2 Å². The van der Waals surface area contributed by atoms with E-state index in [0.717, 1.165) is 10.8 Å². The summed E-state index contributed by atoms with van der Waals surface area (Å²) in [4.78, 5) is 11.7. The second-order valence-electron chi connectivity index (χ2n) is 5.63. The molecule has 0 bridgehead atoms. The van der Waals surface area contributed by atoms with Crippen molar-refractivity contribution in [1.29, 1.82) is 0 Å². The van der Waals surface area contributed by atoms with Crippen molar-refractivity contribution in [2.75, 3.05) is 11.8 Å². The normalized spacial score (nSPS) is 11.1. The molecule has 0 saturated heterocycles. The molecular formula is C20H17NO4S. The number of methoxy groups -OCH3 is 1. The van der Waals surface area contributed by atoms with Gasteiger partial charge in [0.1, 0.15) is 0 Å². The number of esters is 1. The number of fused-ring (bicyclic) bond motifs is 1. The van der Waals surface area contributed by atoms with Gasteiger partial charge in [0.2, 0.25) is 0 Å². The minimum Gasteiger partial charge on any atom is -0.465 e. The number of hydrogen-bond acceptors (Lipinski definition) is 4. The van der Waals surface area contributed by atoms with Crippen molar-refractivity contribution in [3.8, 4) is 0 Å². The fraction of sp³-hybridized carbons (Fsp3) is 0.0500. The number of rotatable bonds is 5. The zero-order valence-corrected chi connectivity index (χ0v) is 14.9. The molecule has 0 radical (unpaired) electrons. The molecule has 5 nitrogen and oxygen atoms in total. The third-order valence-electron chi connectivity index (χ3n) is 3.96. The molecule has 6 heteroatoms. The summed E-state index contributed by atoms with van der Waals surface area (Å²) in [6.07, 6.45) is 0. The lowest BCUT2D eigenvalue weighted by Crippen LogP contribution is -2.13. The summed E-state index contributed by atoms with van der Waals surface area (Å²) in [5, 5.41) is 1.73. The molecule has 3 aromatic rings. The van der Waals surface area contributed by atoms with Crippen LogP contribution in [0.25, 0.3) is 16.3 Å². The van der Waals surface area contributed by atoms with Gasteiger partial charge in [0.25, 0.3) is 10.0 Å². The van der Waals surface area contributed by atoms with Crippen LogP contribution >= 0.6 is 0 Å². The van der Waals surface area contributed by atoms with Gasteiger partial charge in [0.15, 0.2) is 0 Å². The van der Waals surface area contributed by atoms with Crippen LogP contribution in [0.15, 0.2) is 78.2 Å². The van der Waals surface area contributed by atoms with E-state index in [2.05, 4.69) is 16.0 Å². The van der Waals surface area contributed by atoms with Gasteiger partial charge in [-0.2, -0.15) is 0 Å². The van der Waals surface area contributed by atoms with Crippen molar-refractivity contribution in [3.05, 3.63) is 78.9 Å². The van der Waals surface area contributed by atoms with E-state index in [1.54, 1.807) is 24.3 Å². The smallest absolute Gasteiger partial charge is 0.337 e. The Balaban J connectivity index is 1.98. The van der Waals surface area contributed by atoms with Crippen LogP contribution in [0.3, 0.4) is 0 Å².